The molecule has 1 fully saturated rings. The number of nitrogens with zero attached hydrogens (tertiary/aromatic N) is 3. The minimum Gasteiger partial charge on any atom is -0.444 e. The third-order valence-electron chi connectivity index (χ3n) is 4.37. The van der Waals surface area contributed by atoms with E-state index in [1.54, 1.807) is 0 Å². The average molecular weight is 315 g/mol. The number of amides is 1. The number of rotatable bonds is 1. The van der Waals surface area contributed by atoms with Gasteiger partial charge in [0.05, 0.1) is 17.4 Å². The van der Waals surface area contributed by atoms with E-state index in [-0.39, 0.29) is 18.2 Å². The van der Waals surface area contributed by atoms with Gasteiger partial charge in [0.15, 0.2) is 0 Å². The lowest BCUT2D eigenvalue weighted by molar-refractivity contribution is 0.0000650. The van der Waals surface area contributed by atoms with Crippen molar-refractivity contribution in [3.8, 4) is 0 Å². The number of fused-ring (bicyclic) bond motifs is 2. The van der Waals surface area contributed by atoms with E-state index in [2.05, 4.69) is 16.3 Å². The fourth-order valence-corrected chi connectivity index (χ4v) is 3.39. The number of hydrogen-bond donors (Lipinski definition) is 0. The first-order chi connectivity index (χ1) is 10.8. The van der Waals surface area contributed by atoms with Crippen LogP contribution in [0.1, 0.15) is 57.8 Å². The minimum atomic E-state index is -0.461. The number of carbonyl (C=O) groups is 1. The summed E-state index contributed by atoms with van der Waals surface area (Å²) in [6, 6.07) is 4.31. The summed E-state index contributed by atoms with van der Waals surface area (Å²) in [6.07, 6.45) is 5.97. The second-order valence-corrected chi connectivity index (χ2v) is 7.50. The normalized spacial score (nSPS) is 24.2. The van der Waals surface area contributed by atoms with E-state index in [4.69, 9.17) is 4.74 Å². The summed E-state index contributed by atoms with van der Waals surface area (Å²) in [5, 5.41) is 8.46. The third-order valence-corrected chi connectivity index (χ3v) is 4.37. The fraction of sp³-hybridized carbons (Fsp3) is 0.611. The Bertz CT molecular complexity index is 616. The molecule has 1 saturated heterocycles. The standard InChI is InChI=1S/C18H25N3O2/c1-12-8-9-16(20-19-12)13-10-14-6-5-7-15(11-13)21(14)17(22)23-18(2,3)4/h8-10,14-15H,5-7,11H2,1-4H3. The van der Waals surface area contributed by atoms with Gasteiger partial charge in [-0.25, -0.2) is 4.79 Å². The lowest BCUT2D eigenvalue weighted by Crippen LogP contribution is -2.53. The zero-order chi connectivity index (χ0) is 16.6. The zero-order valence-electron chi connectivity index (χ0n) is 14.4. The maximum absolute atomic E-state index is 12.6. The van der Waals surface area contributed by atoms with Crippen LogP contribution in [0.4, 0.5) is 4.79 Å². The number of ether oxygens (including phenoxy) is 1. The predicted octanol–water partition coefficient (Wildman–Crippen LogP) is 3.73. The zero-order valence-corrected chi connectivity index (χ0v) is 14.4. The topological polar surface area (TPSA) is 55.3 Å². The number of piperidine rings is 1. The molecule has 3 rings (SSSR count). The Morgan fingerprint density at radius 1 is 1.26 bits per heavy atom. The van der Waals surface area contributed by atoms with Crippen molar-refractivity contribution in [2.45, 2.75) is 71.1 Å². The van der Waals surface area contributed by atoms with Crippen LogP contribution in [0.3, 0.4) is 0 Å². The summed E-state index contributed by atoms with van der Waals surface area (Å²) in [4.78, 5) is 14.5. The van der Waals surface area contributed by atoms with Gasteiger partial charge < -0.3 is 4.74 Å². The Morgan fingerprint density at radius 2 is 2.04 bits per heavy atom. The first-order valence-corrected chi connectivity index (χ1v) is 8.36. The minimum absolute atomic E-state index is 0.107. The van der Waals surface area contributed by atoms with Crippen LogP contribution in [0, 0.1) is 6.92 Å². The molecule has 0 aliphatic carbocycles. The van der Waals surface area contributed by atoms with E-state index in [1.807, 2.05) is 44.7 Å². The molecule has 3 heterocycles. The highest BCUT2D eigenvalue weighted by Gasteiger charge is 2.39. The van der Waals surface area contributed by atoms with E-state index in [9.17, 15) is 4.79 Å². The van der Waals surface area contributed by atoms with Crippen molar-refractivity contribution in [3.05, 3.63) is 29.6 Å². The Labute approximate surface area is 137 Å². The van der Waals surface area contributed by atoms with Gasteiger partial charge in [-0.05, 0) is 71.1 Å². The quantitative estimate of drug-likeness (QED) is 0.792. The summed E-state index contributed by atoms with van der Waals surface area (Å²) >= 11 is 0. The molecule has 2 aliphatic rings. The highest BCUT2D eigenvalue weighted by Crippen LogP contribution is 2.37. The van der Waals surface area contributed by atoms with Gasteiger partial charge in [0.2, 0.25) is 0 Å². The molecule has 2 bridgehead atoms. The van der Waals surface area contributed by atoms with Crippen molar-refractivity contribution in [2.75, 3.05) is 0 Å². The van der Waals surface area contributed by atoms with E-state index < -0.39 is 5.60 Å². The third kappa shape index (κ3) is 3.54. The van der Waals surface area contributed by atoms with E-state index in [0.29, 0.717) is 0 Å². The molecule has 5 heteroatoms. The molecule has 2 unspecified atom stereocenters. The Balaban J connectivity index is 1.84. The molecule has 124 valence electrons. The first-order valence-electron chi connectivity index (χ1n) is 8.36. The van der Waals surface area contributed by atoms with E-state index >= 15 is 0 Å². The van der Waals surface area contributed by atoms with Crippen LogP contribution in [0.2, 0.25) is 0 Å². The van der Waals surface area contributed by atoms with E-state index in [1.165, 1.54) is 5.57 Å². The SMILES string of the molecule is Cc1ccc(C2=CC3CCCC(C2)N3C(=O)OC(C)(C)C)nn1. The molecule has 1 aromatic heterocycles. The molecule has 1 aromatic rings. The van der Waals surface area contributed by atoms with Crippen LogP contribution >= 0.6 is 0 Å². The smallest absolute Gasteiger partial charge is 0.411 e. The summed E-state index contributed by atoms with van der Waals surface area (Å²) in [7, 11) is 0. The lowest BCUT2D eigenvalue weighted by Gasteiger charge is -2.44. The summed E-state index contributed by atoms with van der Waals surface area (Å²) in [5.41, 5.74) is 2.58. The van der Waals surface area contributed by atoms with Crippen molar-refractivity contribution in [1.82, 2.24) is 15.1 Å². The fourth-order valence-electron chi connectivity index (χ4n) is 3.39. The largest absolute Gasteiger partial charge is 0.444 e. The van der Waals surface area contributed by atoms with Gasteiger partial charge in [-0.15, -0.1) is 0 Å². The van der Waals surface area contributed by atoms with E-state index in [0.717, 1.165) is 37.1 Å². The maximum atomic E-state index is 12.6. The van der Waals surface area contributed by atoms with Crippen LogP contribution in [-0.2, 0) is 4.74 Å². The van der Waals surface area contributed by atoms with Crippen molar-refractivity contribution >= 4 is 11.7 Å². The highest BCUT2D eigenvalue weighted by molar-refractivity contribution is 5.73. The molecule has 0 N–H and O–H groups in total. The molecule has 1 amide bonds. The Hall–Kier alpha value is -1.91. The van der Waals surface area contributed by atoms with Crippen molar-refractivity contribution < 1.29 is 9.53 Å². The van der Waals surface area contributed by atoms with Gasteiger partial charge in [0.1, 0.15) is 5.60 Å². The molecule has 0 radical (unpaired) electrons. The Morgan fingerprint density at radius 3 is 2.65 bits per heavy atom. The van der Waals surface area contributed by atoms with Crippen LogP contribution < -0.4 is 0 Å². The average Bonchev–Trinajstić information content (AvgIpc) is 2.44. The summed E-state index contributed by atoms with van der Waals surface area (Å²) in [6.45, 7) is 7.67. The van der Waals surface area contributed by atoms with Gasteiger partial charge in [0.25, 0.3) is 0 Å². The van der Waals surface area contributed by atoms with Crippen LogP contribution in [-0.4, -0.2) is 38.9 Å². The number of aromatic nitrogens is 2. The van der Waals surface area contributed by atoms with Crippen LogP contribution in [0.25, 0.3) is 5.57 Å². The van der Waals surface area contributed by atoms with Gasteiger partial charge in [-0.1, -0.05) is 6.08 Å². The Kier molecular flexibility index (Phi) is 4.13. The van der Waals surface area contributed by atoms with Gasteiger partial charge in [0, 0.05) is 6.04 Å². The molecular weight excluding hydrogens is 290 g/mol. The molecule has 0 spiro atoms. The molecule has 0 saturated carbocycles. The van der Waals surface area contributed by atoms with Gasteiger partial charge in [-0.3, -0.25) is 4.90 Å². The van der Waals surface area contributed by atoms with Crippen molar-refractivity contribution in [3.63, 3.8) is 0 Å². The first kappa shape index (κ1) is 16.0. The number of carbonyl (C=O) groups excluding carboxylic acids is 1. The molecule has 5 nitrogen and oxygen atoms in total. The summed E-state index contributed by atoms with van der Waals surface area (Å²) < 4.78 is 5.60. The van der Waals surface area contributed by atoms with Crippen LogP contribution in [0.15, 0.2) is 18.2 Å². The van der Waals surface area contributed by atoms with Crippen molar-refractivity contribution in [2.24, 2.45) is 0 Å². The monoisotopic (exact) mass is 315 g/mol. The molecule has 2 atom stereocenters. The lowest BCUT2D eigenvalue weighted by atomic mass is 9.84. The molecule has 2 aliphatic heterocycles. The summed E-state index contributed by atoms with van der Waals surface area (Å²) in [5.74, 6) is 0. The van der Waals surface area contributed by atoms with Gasteiger partial charge in [-0.2, -0.15) is 10.2 Å². The molecular formula is C18H25N3O2. The molecule has 0 aromatic carbocycles. The molecule has 23 heavy (non-hydrogen) atoms. The number of aryl methyl sites for hydroxylation is 1. The van der Waals surface area contributed by atoms with Crippen molar-refractivity contribution in [1.29, 1.82) is 0 Å². The maximum Gasteiger partial charge on any atom is 0.411 e. The van der Waals surface area contributed by atoms with Crippen LogP contribution in [0.5, 0.6) is 0 Å². The van der Waals surface area contributed by atoms with Gasteiger partial charge >= 0.3 is 6.09 Å². The second-order valence-electron chi connectivity index (χ2n) is 7.50. The number of hydrogen-bond acceptors (Lipinski definition) is 4. The highest BCUT2D eigenvalue weighted by atomic mass is 16.6. The second kappa shape index (κ2) is 5.95. The predicted molar refractivity (Wildman–Crippen MR) is 88.9 cm³/mol.